The lowest BCUT2D eigenvalue weighted by Gasteiger charge is -2.32. The number of aliphatic hydroxyl groups excluding tert-OH is 1. The first-order valence-corrected chi connectivity index (χ1v) is 29.4. The first-order chi connectivity index (χ1) is 41.7. The molecule has 17 N–H and O–H groups in total. The predicted octanol–water partition coefficient (Wildman–Crippen LogP) is -0.591. The van der Waals surface area contributed by atoms with E-state index in [-0.39, 0.29) is 50.8 Å². The second kappa shape index (κ2) is 33.2. The number of aliphatic carboxylic acids is 1. The second-order valence-corrected chi connectivity index (χ2v) is 21.6. The van der Waals surface area contributed by atoms with Gasteiger partial charge in [0.2, 0.25) is 53.2 Å². The van der Waals surface area contributed by atoms with Crippen molar-refractivity contribution in [1.82, 2.24) is 52.1 Å². The van der Waals surface area contributed by atoms with Crippen LogP contribution in [0.5, 0.6) is 0 Å². The highest BCUT2D eigenvalue weighted by atomic mass is 32.1. The van der Waals surface area contributed by atoms with Gasteiger partial charge in [0, 0.05) is 71.4 Å². The molecule has 0 fully saturated rings. The number of aromatic amines is 2. The Bertz CT molecular complexity index is 3350. The molecule has 6 rings (SSSR count). The van der Waals surface area contributed by atoms with Gasteiger partial charge in [0.25, 0.3) is 0 Å². The summed E-state index contributed by atoms with van der Waals surface area (Å²) in [6.45, 7) is -0.00527. The van der Waals surface area contributed by atoms with E-state index in [9.17, 15) is 48.6 Å². The van der Waals surface area contributed by atoms with Crippen LogP contribution in [0.15, 0.2) is 122 Å². The zero-order valence-electron chi connectivity index (χ0n) is 47.8. The number of benzene rings is 4. The number of carboxylic acid groups (broad SMARTS) is 1. The summed E-state index contributed by atoms with van der Waals surface area (Å²) in [5, 5.41) is 41.1. The molecule has 27 heteroatoms. The van der Waals surface area contributed by atoms with Crippen molar-refractivity contribution < 1.29 is 58.2 Å². The fourth-order valence-electron chi connectivity index (χ4n) is 9.71. The van der Waals surface area contributed by atoms with Gasteiger partial charge >= 0.3 is 5.97 Å². The van der Waals surface area contributed by atoms with Crippen molar-refractivity contribution in [1.29, 1.82) is 0 Å². The summed E-state index contributed by atoms with van der Waals surface area (Å²) in [6, 6.07) is 19.7. The highest BCUT2D eigenvalue weighted by Crippen LogP contribution is 2.22. The molecular weight excluding hydrogens is 1160 g/mol. The van der Waals surface area contributed by atoms with Crippen molar-refractivity contribution in [2.24, 2.45) is 17.2 Å². The van der Waals surface area contributed by atoms with E-state index >= 15 is 9.59 Å². The number of amides is 9. The van der Waals surface area contributed by atoms with Crippen molar-refractivity contribution in [2.45, 2.75) is 106 Å². The van der Waals surface area contributed by atoms with Gasteiger partial charge in [-0.15, -0.1) is 0 Å². The predicted molar refractivity (Wildman–Crippen MR) is 331 cm³/mol. The lowest BCUT2D eigenvalue weighted by atomic mass is 10.00. The van der Waals surface area contributed by atoms with Crippen molar-refractivity contribution in [3.8, 4) is 0 Å². The molecule has 0 saturated carbocycles. The van der Waals surface area contributed by atoms with Crippen LogP contribution in [-0.4, -0.2) is 170 Å². The number of nitrogens with zero attached hydrogens (tertiary/aromatic N) is 1. The summed E-state index contributed by atoms with van der Waals surface area (Å²) < 4.78 is 0. The number of carbonyl (C=O) groups is 10. The lowest BCUT2D eigenvalue weighted by molar-refractivity contribution is -0.151. The molecule has 464 valence electrons. The average molecular weight is 1230 g/mol. The minimum Gasteiger partial charge on any atom is -0.480 e. The molecule has 2 aromatic heterocycles. The number of H-pyrrole nitrogens is 2. The molecule has 4 aromatic carbocycles. The maximum absolute atomic E-state index is 15.2. The maximum atomic E-state index is 15.2. The molecule has 2 heterocycles. The number of aromatic nitrogens is 2. The lowest BCUT2D eigenvalue weighted by Crippen LogP contribution is -2.62. The van der Waals surface area contributed by atoms with Gasteiger partial charge < -0.3 is 79.5 Å². The van der Waals surface area contributed by atoms with Crippen LogP contribution in [0.2, 0.25) is 0 Å². The van der Waals surface area contributed by atoms with Gasteiger partial charge in [-0.05, 0) is 67.1 Å². The quantitative estimate of drug-likeness (QED) is 0.0178. The maximum Gasteiger partial charge on any atom is 0.327 e. The van der Waals surface area contributed by atoms with Gasteiger partial charge in [0.15, 0.2) is 0 Å². The molecule has 9 atom stereocenters. The van der Waals surface area contributed by atoms with Crippen LogP contribution in [0.25, 0.3) is 21.8 Å². The van der Waals surface area contributed by atoms with Gasteiger partial charge in [0.1, 0.15) is 48.8 Å². The van der Waals surface area contributed by atoms with Crippen LogP contribution in [0.1, 0.15) is 48.4 Å². The fourth-order valence-corrected chi connectivity index (χ4v) is 10.2. The third kappa shape index (κ3) is 19.6. The van der Waals surface area contributed by atoms with E-state index in [1.165, 1.54) is 6.92 Å². The second-order valence-electron chi connectivity index (χ2n) is 20.9. The number of rotatable bonds is 34. The van der Waals surface area contributed by atoms with Crippen LogP contribution in [0, 0.1) is 0 Å². The Morgan fingerprint density at radius 2 is 1.02 bits per heavy atom. The smallest absolute Gasteiger partial charge is 0.327 e. The van der Waals surface area contributed by atoms with Gasteiger partial charge in [-0.25, -0.2) is 4.79 Å². The normalized spacial score (nSPS) is 14.3. The van der Waals surface area contributed by atoms with E-state index in [0.717, 1.165) is 10.9 Å². The summed E-state index contributed by atoms with van der Waals surface area (Å²) in [6.07, 6.45) is 1.63. The van der Waals surface area contributed by atoms with E-state index in [4.69, 9.17) is 17.2 Å². The fraction of sp³-hybridized carbons (Fsp3) is 0.367. The molecule has 0 bridgehead atoms. The number of thiol groups is 2. The van der Waals surface area contributed by atoms with Gasteiger partial charge in [0.05, 0.1) is 18.7 Å². The van der Waals surface area contributed by atoms with E-state index in [1.54, 1.807) is 91.3 Å². The molecule has 0 spiro atoms. The topological polar surface area (TPSA) is 408 Å². The third-order valence-corrected chi connectivity index (χ3v) is 15.1. The number of hydrogen-bond donors (Lipinski definition) is 16. The van der Waals surface area contributed by atoms with Gasteiger partial charge in [-0.1, -0.05) is 97.1 Å². The Morgan fingerprint density at radius 1 is 0.563 bits per heavy atom. The Morgan fingerprint density at radius 3 is 1.49 bits per heavy atom. The number of carboxylic acids is 1. The number of aliphatic hydroxyl groups is 1. The van der Waals surface area contributed by atoms with Crippen molar-refractivity contribution in [3.63, 3.8) is 0 Å². The number of hydrogen-bond acceptors (Lipinski definition) is 15. The third-order valence-electron chi connectivity index (χ3n) is 14.3. The van der Waals surface area contributed by atoms with Crippen LogP contribution >= 0.6 is 25.3 Å². The van der Waals surface area contributed by atoms with Crippen LogP contribution < -0.4 is 54.4 Å². The highest BCUT2D eigenvalue weighted by Gasteiger charge is 2.39. The van der Waals surface area contributed by atoms with E-state index in [0.29, 0.717) is 44.5 Å². The summed E-state index contributed by atoms with van der Waals surface area (Å²) in [4.78, 5) is 146. The Labute approximate surface area is 512 Å². The molecule has 9 amide bonds. The molecule has 0 saturated heterocycles. The summed E-state index contributed by atoms with van der Waals surface area (Å²) >= 11 is 8.12. The zero-order chi connectivity index (χ0) is 63.2. The number of primary amides is 1. The van der Waals surface area contributed by atoms with Crippen molar-refractivity contribution in [2.75, 3.05) is 31.1 Å². The molecular formula is C60H75N13O12S2. The molecule has 87 heavy (non-hydrogen) atoms. The highest BCUT2D eigenvalue weighted by molar-refractivity contribution is 7.80. The molecule has 0 aliphatic heterocycles. The van der Waals surface area contributed by atoms with E-state index in [2.05, 4.69) is 72.4 Å². The molecule has 0 unspecified atom stereocenters. The minimum atomic E-state index is -1.82. The number of unbranched alkanes of at least 4 members (excludes halogenated alkanes) is 1. The SMILES string of the molecule is C[C@@H](O)[C@H](NC(=O)[C@H](CCCCN)NC(=O)[C@@H](Cc1c[nH]c2ccccc12)NC(=O)[C@H](Cc1c[nH]c2ccccc12)NC(=O)[C@H](Cc1ccccc1)NC(=O)CNC(=O)[C@@H](N)CS)C(=O)N[C@@H](Cc1ccccc1)C(=O)N(CC(N)=O)[C@H](CS)C(=O)O. The van der Waals surface area contributed by atoms with E-state index < -0.39 is 132 Å². The number of nitrogens with one attached hydrogen (secondary N) is 9. The number of fused-ring (bicyclic) bond motifs is 2. The first-order valence-electron chi connectivity index (χ1n) is 28.1. The van der Waals surface area contributed by atoms with Crippen LogP contribution in [0.3, 0.4) is 0 Å². The molecule has 25 nitrogen and oxygen atoms in total. The zero-order valence-corrected chi connectivity index (χ0v) is 49.6. The first kappa shape index (κ1) is 67.4. The van der Waals surface area contributed by atoms with Crippen molar-refractivity contribution >= 4 is 106 Å². The number of para-hydroxylation sites is 2. The van der Waals surface area contributed by atoms with Gasteiger partial charge in [-0.2, -0.15) is 25.3 Å². The summed E-state index contributed by atoms with van der Waals surface area (Å²) in [5.74, 6) is -10.0. The van der Waals surface area contributed by atoms with E-state index in [1.807, 2.05) is 30.3 Å². The largest absolute Gasteiger partial charge is 0.480 e. The van der Waals surface area contributed by atoms with Gasteiger partial charge in [-0.3, -0.25) is 43.2 Å². The monoisotopic (exact) mass is 1230 g/mol. The molecule has 6 aromatic rings. The molecule has 0 radical (unpaired) electrons. The number of nitrogens with two attached hydrogens (primary N) is 3. The molecule has 0 aliphatic rings. The molecule has 0 aliphatic carbocycles. The number of carbonyl (C=O) groups excluding carboxylic acids is 9. The summed E-state index contributed by atoms with van der Waals surface area (Å²) in [7, 11) is 0. The Hall–Kier alpha value is -8.76. The standard InChI is InChI=1S/C60H75N13O12S2/c1-34(74)52(58(82)71-48(25-36-16-6-3-7-17-36)59(83)73(31-50(63)75)49(33-87)60(84)85)72-54(78)44(22-12-13-23-61)68-56(80)46(26-37-28-64-42-20-10-8-18-39(37)42)70-57(81)47(27-38-29-65-43-21-11-9-19-40(38)43)69-55(79)45(24-35-14-4-2-5-15-35)67-51(76)30-66-53(77)41(62)32-86/h2-11,14-21,28-29,34,41,44-49,52,64-65,74,86-87H,12-13,22-27,30-33,61-62H2,1H3,(H2,63,75)(H,66,77)(H,67,76)(H,68,80)(H,69,79)(H,70,81)(H,71,82)(H,72,78)(H,84,85)/t34-,41+,44+,45+,46-,47+,48+,49-,52+/m1/s1. The summed E-state index contributed by atoms with van der Waals surface area (Å²) in [5.41, 5.74) is 20.8. The van der Waals surface area contributed by atoms with Crippen LogP contribution in [0.4, 0.5) is 0 Å². The van der Waals surface area contributed by atoms with Crippen molar-refractivity contribution in [3.05, 3.63) is 144 Å². The Balaban J connectivity index is 1.32. The minimum absolute atomic E-state index is 0.00877. The van der Waals surface area contributed by atoms with Crippen LogP contribution in [-0.2, 0) is 73.6 Å². The Kier molecular flexibility index (Phi) is 25.7. The average Bonchev–Trinajstić information content (AvgIpc) is 3.68.